The molecule has 0 spiro atoms. The van der Waals surface area contributed by atoms with Gasteiger partial charge in [-0.1, -0.05) is 11.3 Å². The number of aryl methyl sites for hydroxylation is 1. The van der Waals surface area contributed by atoms with Crippen molar-refractivity contribution in [3.63, 3.8) is 0 Å². The topological polar surface area (TPSA) is 68.0 Å². The molecule has 0 amide bonds. The zero-order valence-electron chi connectivity index (χ0n) is 12.1. The lowest BCUT2D eigenvalue weighted by Gasteiger charge is -2.12. The second-order valence-corrected chi connectivity index (χ2v) is 5.80. The Labute approximate surface area is 133 Å². The van der Waals surface area contributed by atoms with Gasteiger partial charge in [0.25, 0.3) is 0 Å². The smallest absolute Gasteiger partial charge is 0.346 e. The van der Waals surface area contributed by atoms with Gasteiger partial charge < -0.3 is 5.32 Å². The lowest BCUT2D eigenvalue weighted by molar-refractivity contribution is -0.134. The summed E-state index contributed by atoms with van der Waals surface area (Å²) in [6, 6.07) is 1.29. The summed E-state index contributed by atoms with van der Waals surface area (Å²) in [5, 5.41) is 7.14. The number of alkyl halides is 3. The van der Waals surface area contributed by atoms with E-state index in [1.54, 1.807) is 16.2 Å². The van der Waals surface area contributed by atoms with Gasteiger partial charge in [0.15, 0.2) is 0 Å². The van der Waals surface area contributed by atoms with E-state index < -0.39 is 12.6 Å². The predicted octanol–water partition coefficient (Wildman–Crippen LogP) is 3.25. The molecule has 0 aliphatic heterocycles. The van der Waals surface area contributed by atoms with Crippen molar-refractivity contribution >= 4 is 22.2 Å². The molecule has 10 heteroatoms. The number of anilines is 1. The molecule has 0 aliphatic rings. The fourth-order valence-electron chi connectivity index (χ4n) is 2.01. The Kier molecular flexibility index (Phi) is 4.16. The van der Waals surface area contributed by atoms with Crippen LogP contribution < -0.4 is 5.32 Å². The number of hydrogen-bond acceptors (Lipinski definition) is 6. The third-order valence-corrected chi connectivity index (χ3v) is 3.86. The standard InChI is InChI=1S/C13H13F3N6S/c1-8(10-6-22-12(21-10)23-7-18-22)19-11-17-5-3-9(20-11)2-4-13(14,15)16/h3,5-8H,2,4H2,1H3,(H,17,19,20)/t8-/m0/s1. The number of nitrogens with zero attached hydrogens (tertiary/aromatic N) is 5. The SMILES string of the molecule is C[C@H](Nc1nccc(CCC(F)(F)F)n1)c1cn2ncsc2n1. The van der Waals surface area contributed by atoms with Gasteiger partial charge in [-0.15, -0.1) is 0 Å². The summed E-state index contributed by atoms with van der Waals surface area (Å²) in [4.78, 5) is 13.3. The molecule has 122 valence electrons. The molecule has 0 radical (unpaired) electrons. The summed E-state index contributed by atoms with van der Waals surface area (Å²) in [6.07, 6.45) is -2.03. The third kappa shape index (κ3) is 3.95. The van der Waals surface area contributed by atoms with Crippen LogP contribution in [0.4, 0.5) is 19.1 Å². The third-order valence-electron chi connectivity index (χ3n) is 3.17. The summed E-state index contributed by atoms with van der Waals surface area (Å²) >= 11 is 1.42. The van der Waals surface area contributed by atoms with Crippen LogP contribution in [0.5, 0.6) is 0 Å². The Hall–Kier alpha value is -2.23. The first-order valence-corrected chi connectivity index (χ1v) is 7.73. The van der Waals surface area contributed by atoms with Crippen LogP contribution in [-0.2, 0) is 6.42 Å². The maximum absolute atomic E-state index is 12.3. The molecule has 3 aromatic heterocycles. The van der Waals surface area contributed by atoms with Crippen LogP contribution in [0.15, 0.2) is 24.0 Å². The highest BCUT2D eigenvalue weighted by Crippen LogP contribution is 2.22. The number of aromatic nitrogens is 5. The van der Waals surface area contributed by atoms with Crippen molar-refractivity contribution in [2.75, 3.05) is 5.32 Å². The first kappa shape index (κ1) is 15.7. The largest absolute Gasteiger partial charge is 0.389 e. The molecule has 0 saturated heterocycles. The minimum atomic E-state index is -4.19. The van der Waals surface area contributed by atoms with Crippen LogP contribution >= 0.6 is 11.3 Å². The quantitative estimate of drug-likeness (QED) is 0.771. The van der Waals surface area contributed by atoms with E-state index in [1.165, 1.54) is 23.6 Å². The van der Waals surface area contributed by atoms with Crippen molar-refractivity contribution in [3.05, 3.63) is 35.4 Å². The van der Waals surface area contributed by atoms with Gasteiger partial charge in [-0.3, -0.25) is 0 Å². The number of fused-ring (bicyclic) bond motifs is 1. The molecule has 0 aromatic carbocycles. The van der Waals surface area contributed by atoms with E-state index in [4.69, 9.17) is 0 Å². The van der Waals surface area contributed by atoms with E-state index in [2.05, 4.69) is 25.4 Å². The highest BCUT2D eigenvalue weighted by atomic mass is 32.1. The van der Waals surface area contributed by atoms with Crippen molar-refractivity contribution in [2.45, 2.75) is 32.0 Å². The maximum Gasteiger partial charge on any atom is 0.389 e. The van der Waals surface area contributed by atoms with Crippen molar-refractivity contribution in [1.29, 1.82) is 0 Å². The van der Waals surface area contributed by atoms with Gasteiger partial charge in [-0.25, -0.2) is 19.5 Å². The molecular formula is C13H13F3N6S. The van der Waals surface area contributed by atoms with E-state index >= 15 is 0 Å². The van der Waals surface area contributed by atoms with E-state index in [-0.39, 0.29) is 18.4 Å². The molecule has 6 nitrogen and oxygen atoms in total. The predicted molar refractivity (Wildman–Crippen MR) is 79.3 cm³/mol. The average molecular weight is 342 g/mol. The second-order valence-electron chi connectivity index (χ2n) is 4.98. The Bertz CT molecular complexity index is 768. The number of nitrogens with one attached hydrogen (secondary N) is 1. The van der Waals surface area contributed by atoms with Crippen LogP contribution in [0.2, 0.25) is 0 Å². The number of hydrogen-bond donors (Lipinski definition) is 1. The zero-order chi connectivity index (χ0) is 16.4. The Morgan fingerprint density at radius 1 is 1.35 bits per heavy atom. The van der Waals surface area contributed by atoms with Gasteiger partial charge >= 0.3 is 6.18 Å². The summed E-state index contributed by atoms with van der Waals surface area (Å²) in [7, 11) is 0. The Morgan fingerprint density at radius 2 is 2.17 bits per heavy atom. The number of imidazole rings is 1. The lowest BCUT2D eigenvalue weighted by Crippen LogP contribution is -2.12. The zero-order valence-corrected chi connectivity index (χ0v) is 12.9. The minimum absolute atomic E-state index is 0.167. The summed E-state index contributed by atoms with van der Waals surface area (Å²) in [5.74, 6) is 0.279. The van der Waals surface area contributed by atoms with Crippen LogP contribution in [-0.4, -0.2) is 30.7 Å². The monoisotopic (exact) mass is 342 g/mol. The van der Waals surface area contributed by atoms with E-state index in [1.807, 2.05) is 6.92 Å². The van der Waals surface area contributed by atoms with Gasteiger partial charge in [0.05, 0.1) is 17.9 Å². The highest BCUT2D eigenvalue weighted by molar-refractivity contribution is 7.14. The molecule has 0 unspecified atom stereocenters. The van der Waals surface area contributed by atoms with Crippen LogP contribution in [0.1, 0.15) is 30.8 Å². The summed E-state index contributed by atoms with van der Waals surface area (Å²) < 4.78 is 38.5. The minimum Gasteiger partial charge on any atom is -0.346 e. The molecule has 23 heavy (non-hydrogen) atoms. The molecule has 3 heterocycles. The van der Waals surface area contributed by atoms with Crippen molar-refractivity contribution in [3.8, 4) is 0 Å². The maximum atomic E-state index is 12.3. The highest BCUT2D eigenvalue weighted by Gasteiger charge is 2.26. The molecular weight excluding hydrogens is 329 g/mol. The van der Waals surface area contributed by atoms with Crippen molar-refractivity contribution in [2.24, 2.45) is 0 Å². The molecule has 0 bridgehead atoms. The molecule has 0 saturated carbocycles. The summed E-state index contributed by atoms with van der Waals surface area (Å²) in [6.45, 7) is 1.87. The van der Waals surface area contributed by atoms with Crippen molar-refractivity contribution < 1.29 is 13.2 Å². The fourth-order valence-corrected chi connectivity index (χ4v) is 2.62. The van der Waals surface area contributed by atoms with E-state index in [0.29, 0.717) is 5.69 Å². The first-order chi connectivity index (χ1) is 10.9. The number of halogens is 3. The Morgan fingerprint density at radius 3 is 2.91 bits per heavy atom. The molecule has 1 N–H and O–H groups in total. The first-order valence-electron chi connectivity index (χ1n) is 6.85. The summed E-state index contributed by atoms with van der Waals surface area (Å²) in [5.41, 5.74) is 2.80. The molecule has 3 aromatic rings. The second kappa shape index (κ2) is 6.11. The van der Waals surface area contributed by atoms with Gasteiger partial charge in [-0.05, 0) is 19.4 Å². The van der Waals surface area contributed by atoms with Gasteiger partial charge in [0.1, 0.15) is 5.51 Å². The molecule has 0 aliphatic carbocycles. The van der Waals surface area contributed by atoms with Crippen LogP contribution in [0.3, 0.4) is 0 Å². The Balaban J connectivity index is 1.68. The normalized spacial score (nSPS) is 13.4. The van der Waals surface area contributed by atoms with Gasteiger partial charge in [-0.2, -0.15) is 18.3 Å². The van der Waals surface area contributed by atoms with Gasteiger partial charge in [0, 0.05) is 18.3 Å². The van der Waals surface area contributed by atoms with Crippen LogP contribution in [0.25, 0.3) is 4.96 Å². The van der Waals surface area contributed by atoms with Crippen LogP contribution in [0, 0.1) is 0 Å². The molecule has 1 atom stereocenters. The lowest BCUT2D eigenvalue weighted by atomic mass is 10.2. The van der Waals surface area contributed by atoms with E-state index in [0.717, 1.165) is 10.7 Å². The number of rotatable bonds is 5. The molecule has 3 rings (SSSR count). The molecule has 0 fully saturated rings. The van der Waals surface area contributed by atoms with E-state index in [9.17, 15) is 13.2 Å². The average Bonchev–Trinajstić information content (AvgIpc) is 3.06. The van der Waals surface area contributed by atoms with Gasteiger partial charge in [0.2, 0.25) is 10.9 Å². The van der Waals surface area contributed by atoms with Crippen molar-refractivity contribution in [1.82, 2.24) is 24.6 Å². The fraction of sp³-hybridized carbons (Fsp3) is 0.385.